The molecule has 1 aliphatic heterocycles. The van der Waals surface area contributed by atoms with Crippen LogP contribution in [0.25, 0.3) is 22.0 Å². The van der Waals surface area contributed by atoms with Crippen molar-refractivity contribution < 1.29 is 14.3 Å². The van der Waals surface area contributed by atoms with Gasteiger partial charge in [0.1, 0.15) is 17.3 Å². The number of hydrogen-bond donors (Lipinski definition) is 1. The maximum Gasteiger partial charge on any atom is 0.265 e. The zero-order valence-electron chi connectivity index (χ0n) is 16.8. The van der Waals surface area contributed by atoms with Crippen molar-refractivity contribution in [3.63, 3.8) is 0 Å². The molecule has 154 valence electrons. The Morgan fingerprint density at radius 2 is 2.13 bits per heavy atom. The van der Waals surface area contributed by atoms with E-state index in [0.29, 0.717) is 23.9 Å². The summed E-state index contributed by atoms with van der Waals surface area (Å²) in [7, 11) is 0. The molecule has 7 nitrogen and oxygen atoms in total. The van der Waals surface area contributed by atoms with Crippen LogP contribution in [-0.4, -0.2) is 41.5 Å². The van der Waals surface area contributed by atoms with Crippen molar-refractivity contribution in [1.29, 1.82) is 0 Å². The van der Waals surface area contributed by atoms with Crippen LogP contribution >= 0.6 is 11.3 Å². The summed E-state index contributed by atoms with van der Waals surface area (Å²) in [6.45, 7) is 4.50. The van der Waals surface area contributed by atoms with Crippen LogP contribution in [0.3, 0.4) is 0 Å². The van der Waals surface area contributed by atoms with Gasteiger partial charge in [0.05, 0.1) is 17.1 Å². The molecule has 4 rings (SSSR count). The third-order valence-electron chi connectivity index (χ3n) is 4.60. The molecule has 0 radical (unpaired) electrons. The molecule has 0 aliphatic carbocycles. The summed E-state index contributed by atoms with van der Waals surface area (Å²) >= 11 is 1.51. The molecule has 2 aromatic heterocycles. The monoisotopic (exact) mass is 422 g/mol. The summed E-state index contributed by atoms with van der Waals surface area (Å²) in [5, 5.41) is 5.63. The predicted molar refractivity (Wildman–Crippen MR) is 116 cm³/mol. The first kappa shape index (κ1) is 20.0. The number of ether oxygens (including phenoxy) is 1. The third kappa shape index (κ3) is 4.33. The number of thiazole rings is 1. The minimum Gasteiger partial charge on any atom is -0.482 e. The second-order valence-electron chi connectivity index (χ2n) is 7.40. The van der Waals surface area contributed by atoms with Gasteiger partial charge in [-0.1, -0.05) is 19.9 Å². The fourth-order valence-electron chi connectivity index (χ4n) is 3.07. The number of amides is 2. The highest BCUT2D eigenvalue weighted by molar-refractivity contribution is 7.13. The van der Waals surface area contributed by atoms with Gasteiger partial charge in [-0.15, -0.1) is 11.3 Å². The summed E-state index contributed by atoms with van der Waals surface area (Å²) in [6, 6.07) is 11.3. The lowest BCUT2D eigenvalue weighted by Gasteiger charge is -2.29. The molecule has 8 heteroatoms. The smallest absolute Gasteiger partial charge is 0.265 e. The normalized spacial score (nSPS) is 13.2. The van der Waals surface area contributed by atoms with Gasteiger partial charge in [-0.05, 0) is 36.2 Å². The number of aromatic nitrogens is 2. The number of pyridine rings is 1. The number of rotatable bonds is 6. The molecule has 1 N–H and O–H groups in total. The minimum atomic E-state index is -0.244. The van der Waals surface area contributed by atoms with Gasteiger partial charge in [0.25, 0.3) is 5.91 Å². The molecule has 1 aliphatic rings. The molecule has 0 fully saturated rings. The fourth-order valence-corrected chi connectivity index (χ4v) is 3.87. The van der Waals surface area contributed by atoms with E-state index in [0.717, 1.165) is 22.0 Å². The Balaban J connectivity index is 1.60. The summed E-state index contributed by atoms with van der Waals surface area (Å²) in [4.78, 5) is 35.3. The molecule has 0 atom stereocenters. The lowest BCUT2D eigenvalue weighted by atomic mass is 10.1. The summed E-state index contributed by atoms with van der Waals surface area (Å²) in [5.41, 5.74) is 3.02. The summed E-state index contributed by atoms with van der Waals surface area (Å²) in [6.07, 6.45) is 1.74. The Kier molecular flexibility index (Phi) is 5.76. The van der Waals surface area contributed by atoms with Crippen LogP contribution in [0.15, 0.2) is 48.0 Å². The van der Waals surface area contributed by atoms with E-state index in [2.05, 4.69) is 15.3 Å². The number of nitrogens with one attached hydrogen (secondary N) is 1. The number of anilines is 1. The van der Waals surface area contributed by atoms with Gasteiger partial charge in [0.2, 0.25) is 5.91 Å². The Bertz CT molecular complexity index is 1070. The Labute approximate surface area is 178 Å². The van der Waals surface area contributed by atoms with Crippen molar-refractivity contribution in [2.24, 2.45) is 5.92 Å². The molecule has 3 aromatic rings. The van der Waals surface area contributed by atoms with Crippen molar-refractivity contribution in [3.8, 4) is 27.7 Å². The quantitative estimate of drug-likeness (QED) is 0.658. The number of benzene rings is 1. The number of hydrogen-bond acceptors (Lipinski definition) is 6. The molecule has 0 saturated heterocycles. The van der Waals surface area contributed by atoms with Gasteiger partial charge >= 0.3 is 0 Å². The second kappa shape index (κ2) is 8.62. The first-order valence-corrected chi connectivity index (χ1v) is 10.6. The SMILES string of the molecule is CC(C)CNC(=O)CN1C(=O)COc2ccc(-c3csc(-c4ccccn4)n3)cc21. The fraction of sp³-hybridized carbons (Fsp3) is 0.273. The van der Waals surface area contributed by atoms with Crippen molar-refractivity contribution in [1.82, 2.24) is 15.3 Å². The van der Waals surface area contributed by atoms with Crippen molar-refractivity contribution >= 4 is 28.8 Å². The van der Waals surface area contributed by atoms with Crippen molar-refractivity contribution in [2.75, 3.05) is 24.6 Å². The van der Waals surface area contributed by atoms with Gasteiger partial charge in [0, 0.05) is 23.7 Å². The van der Waals surface area contributed by atoms with Gasteiger partial charge < -0.3 is 10.1 Å². The summed E-state index contributed by atoms with van der Waals surface area (Å²) in [5.74, 6) is 0.481. The highest BCUT2D eigenvalue weighted by atomic mass is 32.1. The molecule has 1 aromatic carbocycles. The van der Waals surface area contributed by atoms with E-state index in [4.69, 9.17) is 4.74 Å². The molecule has 3 heterocycles. The molecular weight excluding hydrogens is 400 g/mol. The lowest BCUT2D eigenvalue weighted by Crippen LogP contribution is -2.45. The van der Waals surface area contributed by atoms with E-state index >= 15 is 0 Å². The zero-order chi connectivity index (χ0) is 21.1. The largest absolute Gasteiger partial charge is 0.482 e. The number of nitrogens with zero attached hydrogens (tertiary/aromatic N) is 3. The predicted octanol–water partition coefficient (Wildman–Crippen LogP) is 3.37. The minimum absolute atomic E-state index is 0.0401. The Morgan fingerprint density at radius 1 is 1.27 bits per heavy atom. The summed E-state index contributed by atoms with van der Waals surface area (Å²) < 4.78 is 5.56. The van der Waals surface area contributed by atoms with E-state index in [1.807, 2.05) is 55.6 Å². The van der Waals surface area contributed by atoms with Crippen LogP contribution in [0.1, 0.15) is 13.8 Å². The van der Waals surface area contributed by atoms with Crippen LogP contribution in [0.5, 0.6) is 5.75 Å². The van der Waals surface area contributed by atoms with Gasteiger partial charge in [-0.25, -0.2) is 4.98 Å². The molecule has 2 amide bonds. The van der Waals surface area contributed by atoms with E-state index < -0.39 is 0 Å². The zero-order valence-corrected chi connectivity index (χ0v) is 17.6. The molecule has 0 unspecified atom stereocenters. The molecule has 0 spiro atoms. The number of fused-ring (bicyclic) bond motifs is 1. The van der Waals surface area contributed by atoms with E-state index in [1.54, 1.807) is 6.20 Å². The van der Waals surface area contributed by atoms with Crippen LogP contribution < -0.4 is 15.0 Å². The van der Waals surface area contributed by atoms with Crippen molar-refractivity contribution in [2.45, 2.75) is 13.8 Å². The van der Waals surface area contributed by atoms with E-state index in [1.165, 1.54) is 16.2 Å². The Morgan fingerprint density at radius 3 is 2.90 bits per heavy atom. The molecule has 30 heavy (non-hydrogen) atoms. The lowest BCUT2D eigenvalue weighted by molar-refractivity contribution is -0.125. The van der Waals surface area contributed by atoms with Gasteiger partial charge in [0.15, 0.2) is 6.61 Å². The first-order valence-electron chi connectivity index (χ1n) is 9.72. The highest BCUT2D eigenvalue weighted by Crippen LogP contribution is 2.37. The average Bonchev–Trinajstić information content (AvgIpc) is 3.25. The highest BCUT2D eigenvalue weighted by Gasteiger charge is 2.28. The molecule has 0 saturated carbocycles. The maximum atomic E-state index is 12.5. The topological polar surface area (TPSA) is 84.4 Å². The van der Waals surface area contributed by atoms with Crippen LogP contribution in [0, 0.1) is 5.92 Å². The molecular formula is C22H22N4O3S. The van der Waals surface area contributed by atoms with Crippen molar-refractivity contribution in [3.05, 3.63) is 48.0 Å². The van der Waals surface area contributed by atoms with E-state index in [9.17, 15) is 9.59 Å². The van der Waals surface area contributed by atoms with Gasteiger partial charge in [-0.3, -0.25) is 19.5 Å². The average molecular weight is 423 g/mol. The molecule has 0 bridgehead atoms. The van der Waals surface area contributed by atoms with Crippen LogP contribution in [0.2, 0.25) is 0 Å². The van der Waals surface area contributed by atoms with Crippen LogP contribution in [-0.2, 0) is 9.59 Å². The third-order valence-corrected chi connectivity index (χ3v) is 5.46. The second-order valence-corrected chi connectivity index (χ2v) is 8.26. The Hall–Kier alpha value is -3.26. The number of carbonyl (C=O) groups is 2. The van der Waals surface area contributed by atoms with Gasteiger partial charge in [-0.2, -0.15) is 0 Å². The standard InChI is InChI=1S/C22H22N4O3S/c1-14(2)10-24-20(27)11-26-18-9-15(6-7-19(18)29-12-21(26)28)17-13-30-22(25-17)16-5-3-4-8-23-16/h3-9,13-14H,10-12H2,1-2H3,(H,24,27). The maximum absolute atomic E-state index is 12.5. The van der Waals surface area contributed by atoms with E-state index in [-0.39, 0.29) is 25.0 Å². The number of carbonyl (C=O) groups excluding carboxylic acids is 2. The van der Waals surface area contributed by atoms with Crippen LogP contribution in [0.4, 0.5) is 5.69 Å². The first-order chi connectivity index (χ1) is 14.5.